The van der Waals surface area contributed by atoms with Gasteiger partial charge in [0.15, 0.2) is 6.10 Å². The summed E-state index contributed by atoms with van der Waals surface area (Å²) in [6, 6.07) is 21.1. The molecule has 0 aromatic heterocycles. The van der Waals surface area contributed by atoms with E-state index in [1.807, 2.05) is 54.6 Å². The molecular formula is C25H22N2O5S. The van der Waals surface area contributed by atoms with Crippen molar-refractivity contribution >= 4 is 35.0 Å². The SMILES string of the molecule is CC(OC(=O)c1ccc(Sc2ccccc2)c([N+](=O)[O-])c1)C(=O)N1CCCc2ccccc21. The number of anilines is 1. The molecular weight excluding hydrogens is 440 g/mol. The zero-order valence-corrected chi connectivity index (χ0v) is 18.8. The molecule has 0 bridgehead atoms. The number of nitro benzene ring substituents is 1. The Kier molecular flexibility index (Phi) is 6.74. The Morgan fingerprint density at radius 1 is 1.06 bits per heavy atom. The third-order valence-electron chi connectivity index (χ3n) is 5.37. The van der Waals surface area contributed by atoms with Crippen LogP contribution in [-0.2, 0) is 16.0 Å². The minimum atomic E-state index is -1.03. The molecule has 33 heavy (non-hydrogen) atoms. The summed E-state index contributed by atoms with van der Waals surface area (Å²) in [7, 11) is 0. The number of hydrogen-bond donors (Lipinski definition) is 0. The van der Waals surface area contributed by atoms with Crippen LogP contribution in [0.25, 0.3) is 0 Å². The number of carbonyl (C=O) groups is 2. The van der Waals surface area contributed by atoms with Gasteiger partial charge in [0.05, 0.1) is 15.4 Å². The van der Waals surface area contributed by atoms with Crippen molar-refractivity contribution in [2.45, 2.75) is 35.7 Å². The molecule has 7 nitrogen and oxygen atoms in total. The molecule has 3 aromatic rings. The molecule has 0 spiro atoms. The van der Waals surface area contributed by atoms with Gasteiger partial charge in [-0.15, -0.1) is 0 Å². The van der Waals surface area contributed by atoms with Gasteiger partial charge >= 0.3 is 5.97 Å². The molecule has 1 amide bonds. The first kappa shape index (κ1) is 22.5. The largest absolute Gasteiger partial charge is 0.449 e. The first-order valence-corrected chi connectivity index (χ1v) is 11.4. The van der Waals surface area contributed by atoms with Crippen molar-refractivity contribution in [2.24, 2.45) is 0 Å². The number of aryl methyl sites for hydroxylation is 1. The fourth-order valence-corrected chi connectivity index (χ4v) is 4.67. The second-order valence-corrected chi connectivity index (χ2v) is 8.74. The predicted molar refractivity (Wildman–Crippen MR) is 126 cm³/mol. The zero-order chi connectivity index (χ0) is 23.4. The van der Waals surface area contributed by atoms with E-state index < -0.39 is 17.0 Å². The fourth-order valence-electron chi connectivity index (χ4n) is 3.75. The maximum Gasteiger partial charge on any atom is 0.339 e. The quantitative estimate of drug-likeness (QED) is 0.282. The minimum absolute atomic E-state index is 0.0257. The molecule has 8 heteroatoms. The predicted octanol–water partition coefficient (Wildman–Crippen LogP) is 5.27. The number of nitrogens with zero attached hydrogens (tertiary/aromatic N) is 2. The van der Waals surface area contributed by atoms with Gasteiger partial charge in [0, 0.05) is 23.2 Å². The molecule has 0 radical (unpaired) electrons. The van der Waals surface area contributed by atoms with Crippen LogP contribution >= 0.6 is 11.8 Å². The van der Waals surface area contributed by atoms with Gasteiger partial charge in [-0.3, -0.25) is 14.9 Å². The van der Waals surface area contributed by atoms with Gasteiger partial charge in [0.2, 0.25) is 0 Å². The molecule has 168 valence electrons. The van der Waals surface area contributed by atoms with Gasteiger partial charge in [-0.25, -0.2) is 4.79 Å². The third kappa shape index (κ3) is 5.06. The number of ether oxygens (including phenoxy) is 1. The van der Waals surface area contributed by atoms with Crippen LogP contribution in [0.1, 0.15) is 29.3 Å². The standard InChI is InChI=1S/C25H22N2O5S/c1-17(24(28)26-15-7-9-18-8-5-6-12-21(18)26)32-25(29)19-13-14-23(22(16-19)27(30)31)33-20-10-3-2-4-11-20/h2-6,8,10-14,16-17H,7,9,15H2,1H3. The van der Waals surface area contributed by atoms with E-state index in [4.69, 9.17) is 4.74 Å². The molecule has 3 aromatic carbocycles. The van der Waals surface area contributed by atoms with Crippen LogP contribution in [0.3, 0.4) is 0 Å². The van der Waals surface area contributed by atoms with E-state index in [0.29, 0.717) is 11.4 Å². The van der Waals surface area contributed by atoms with Crippen molar-refractivity contribution in [3.8, 4) is 0 Å². The van der Waals surface area contributed by atoms with Crippen LogP contribution < -0.4 is 4.90 Å². The maximum absolute atomic E-state index is 13.0. The lowest BCUT2D eigenvalue weighted by Gasteiger charge is -2.31. The smallest absolute Gasteiger partial charge is 0.339 e. The lowest BCUT2D eigenvalue weighted by molar-refractivity contribution is -0.387. The lowest BCUT2D eigenvalue weighted by atomic mass is 10.0. The van der Waals surface area contributed by atoms with E-state index in [0.717, 1.165) is 29.0 Å². The topological polar surface area (TPSA) is 89.7 Å². The molecule has 0 fully saturated rings. The summed E-state index contributed by atoms with van der Waals surface area (Å²) in [5.41, 5.74) is 1.74. The second kappa shape index (κ2) is 9.87. The minimum Gasteiger partial charge on any atom is -0.449 e. The van der Waals surface area contributed by atoms with Crippen LogP contribution in [0.2, 0.25) is 0 Å². The van der Waals surface area contributed by atoms with Crippen molar-refractivity contribution < 1.29 is 19.2 Å². The van der Waals surface area contributed by atoms with Crippen LogP contribution in [0.15, 0.2) is 82.6 Å². The van der Waals surface area contributed by atoms with Gasteiger partial charge in [-0.05, 0) is 55.7 Å². The summed E-state index contributed by atoms with van der Waals surface area (Å²) in [5.74, 6) is -1.10. The highest BCUT2D eigenvalue weighted by Gasteiger charge is 2.29. The van der Waals surface area contributed by atoms with E-state index in [9.17, 15) is 19.7 Å². The van der Waals surface area contributed by atoms with Crippen LogP contribution in [0, 0.1) is 10.1 Å². The summed E-state index contributed by atoms with van der Waals surface area (Å²) in [5, 5.41) is 11.6. The second-order valence-electron chi connectivity index (χ2n) is 7.62. The van der Waals surface area contributed by atoms with Gasteiger partial charge < -0.3 is 9.64 Å². The fraction of sp³-hybridized carbons (Fsp3) is 0.200. The third-order valence-corrected chi connectivity index (χ3v) is 6.44. The van der Waals surface area contributed by atoms with Crippen LogP contribution in [0.4, 0.5) is 11.4 Å². The Hall–Kier alpha value is -3.65. The molecule has 1 unspecified atom stereocenters. The number of carbonyl (C=O) groups excluding carboxylic acids is 2. The van der Waals surface area contributed by atoms with Crippen LogP contribution in [-0.4, -0.2) is 29.4 Å². The monoisotopic (exact) mass is 462 g/mol. The first-order chi connectivity index (χ1) is 15.9. The summed E-state index contributed by atoms with van der Waals surface area (Å²) in [6.07, 6.45) is 0.697. The maximum atomic E-state index is 13.0. The average Bonchev–Trinajstić information content (AvgIpc) is 2.83. The number of fused-ring (bicyclic) bond motifs is 1. The van der Waals surface area contributed by atoms with E-state index >= 15 is 0 Å². The molecule has 0 saturated heterocycles. The highest BCUT2D eigenvalue weighted by molar-refractivity contribution is 7.99. The van der Waals surface area contributed by atoms with Crippen LogP contribution in [0.5, 0.6) is 0 Å². The van der Waals surface area contributed by atoms with Crippen molar-refractivity contribution in [1.29, 1.82) is 0 Å². The molecule has 1 aliphatic heterocycles. The van der Waals surface area contributed by atoms with Gasteiger partial charge in [-0.2, -0.15) is 0 Å². The lowest BCUT2D eigenvalue weighted by Crippen LogP contribution is -2.42. The highest BCUT2D eigenvalue weighted by Crippen LogP contribution is 2.35. The molecule has 0 aliphatic carbocycles. The molecule has 0 N–H and O–H groups in total. The Morgan fingerprint density at radius 2 is 1.79 bits per heavy atom. The van der Waals surface area contributed by atoms with Crippen molar-refractivity contribution in [3.05, 3.63) is 94.0 Å². The Balaban J connectivity index is 1.49. The summed E-state index contributed by atoms with van der Waals surface area (Å²) in [6.45, 7) is 2.07. The Labute approximate surface area is 195 Å². The van der Waals surface area contributed by atoms with Crippen molar-refractivity contribution in [2.75, 3.05) is 11.4 Å². The summed E-state index contributed by atoms with van der Waals surface area (Å²) in [4.78, 5) is 39.7. The van der Waals surface area contributed by atoms with Crippen molar-refractivity contribution in [1.82, 2.24) is 0 Å². The molecule has 1 aliphatic rings. The highest BCUT2D eigenvalue weighted by atomic mass is 32.2. The van der Waals surface area contributed by atoms with Gasteiger partial charge in [-0.1, -0.05) is 48.2 Å². The average molecular weight is 463 g/mol. The number of nitro groups is 1. The molecule has 1 atom stereocenters. The number of benzene rings is 3. The zero-order valence-electron chi connectivity index (χ0n) is 18.0. The Morgan fingerprint density at radius 3 is 2.55 bits per heavy atom. The number of para-hydroxylation sites is 1. The van der Waals surface area contributed by atoms with E-state index in [1.54, 1.807) is 4.90 Å². The van der Waals surface area contributed by atoms with Gasteiger partial charge in [0.25, 0.3) is 11.6 Å². The number of amides is 1. The van der Waals surface area contributed by atoms with Crippen molar-refractivity contribution in [3.63, 3.8) is 0 Å². The number of esters is 1. The number of rotatable bonds is 6. The summed E-state index contributed by atoms with van der Waals surface area (Å²) < 4.78 is 5.40. The first-order valence-electron chi connectivity index (χ1n) is 10.6. The normalized spacial score (nSPS) is 13.7. The molecule has 4 rings (SSSR count). The van der Waals surface area contributed by atoms with E-state index in [1.165, 1.54) is 36.9 Å². The van der Waals surface area contributed by atoms with Gasteiger partial charge in [0.1, 0.15) is 0 Å². The summed E-state index contributed by atoms with van der Waals surface area (Å²) >= 11 is 1.24. The molecule has 0 saturated carbocycles. The van der Waals surface area contributed by atoms with E-state index in [2.05, 4.69) is 0 Å². The van der Waals surface area contributed by atoms with E-state index in [-0.39, 0.29) is 17.2 Å². The number of hydrogen-bond acceptors (Lipinski definition) is 6. The Bertz CT molecular complexity index is 1200. The molecule has 1 heterocycles.